The van der Waals surface area contributed by atoms with Gasteiger partial charge in [-0.25, -0.2) is 4.79 Å². The van der Waals surface area contributed by atoms with Crippen LogP contribution in [0.5, 0.6) is 0 Å². The first-order valence-corrected chi connectivity index (χ1v) is 7.26. The van der Waals surface area contributed by atoms with Crippen molar-refractivity contribution < 1.29 is 14.7 Å². The first kappa shape index (κ1) is 15.1. The number of tetrazole rings is 1. The summed E-state index contributed by atoms with van der Waals surface area (Å²) < 4.78 is 0. The van der Waals surface area contributed by atoms with Crippen LogP contribution in [-0.2, 0) is 16.1 Å². The second kappa shape index (κ2) is 6.44. The van der Waals surface area contributed by atoms with Gasteiger partial charge in [0.05, 0.1) is 0 Å². The zero-order chi connectivity index (χ0) is 15.4. The highest BCUT2D eigenvalue weighted by atomic mass is 32.1. The van der Waals surface area contributed by atoms with Crippen LogP contribution in [0.2, 0.25) is 0 Å². The number of carboxylic acids is 1. The third-order valence-corrected chi connectivity index (χ3v) is 3.72. The Morgan fingerprint density at radius 2 is 2.29 bits per heavy atom. The molecule has 8 nitrogen and oxygen atoms in total. The Balaban J connectivity index is 2.04. The average Bonchev–Trinajstić information content (AvgIpc) is 3.08. The van der Waals surface area contributed by atoms with Crippen LogP contribution in [0.25, 0.3) is 11.4 Å². The number of thiophene rings is 1. The maximum Gasteiger partial charge on any atom is 0.326 e. The molecule has 2 heterocycles. The summed E-state index contributed by atoms with van der Waals surface area (Å²) in [6.45, 7) is 1.57. The summed E-state index contributed by atoms with van der Waals surface area (Å²) in [4.78, 5) is 25.5. The highest BCUT2D eigenvalue weighted by Gasteiger charge is 2.25. The smallest absolute Gasteiger partial charge is 0.326 e. The van der Waals surface area contributed by atoms with E-state index >= 15 is 0 Å². The largest absolute Gasteiger partial charge is 0.480 e. The van der Waals surface area contributed by atoms with E-state index in [1.807, 2.05) is 16.8 Å². The van der Waals surface area contributed by atoms with E-state index < -0.39 is 12.0 Å². The lowest BCUT2D eigenvalue weighted by Crippen LogP contribution is -2.43. The van der Waals surface area contributed by atoms with Crippen molar-refractivity contribution in [2.45, 2.75) is 25.9 Å². The van der Waals surface area contributed by atoms with Gasteiger partial charge in [-0.3, -0.25) is 4.79 Å². The quantitative estimate of drug-likeness (QED) is 0.844. The highest BCUT2D eigenvalue weighted by molar-refractivity contribution is 7.08. The average molecular weight is 309 g/mol. The molecule has 1 unspecified atom stereocenters. The minimum absolute atomic E-state index is 0.141. The van der Waals surface area contributed by atoms with Gasteiger partial charge < -0.3 is 10.0 Å². The summed E-state index contributed by atoms with van der Waals surface area (Å²) in [5, 5.41) is 24.6. The summed E-state index contributed by atoms with van der Waals surface area (Å²) in [5.74, 6) is -0.964. The molecular weight excluding hydrogens is 294 g/mol. The van der Waals surface area contributed by atoms with Gasteiger partial charge in [0.25, 0.3) is 0 Å². The van der Waals surface area contributed by atoms with Crippen LogP contribution in [0.15, 0.2) is 16.8 Å². The lowest BCUT2D eigenvalue weighted by molar-refractivity contribution is -0.149. The second-order valence-electron chi connectivity index (χ2n) is 4.42. The number of aliphatic carboxylic acids is 1. The molecular formula is C12H15N5O3S. The van der Waals surface area contributed by atoms with E-state index in [4.69, 9.17) is 5.11 Å². The summed E-state index contributed by atoms with van der Waals surface area (Å²) in [7, 11) is 1.46. The standard InChI is InChI=1S/C12H15N5O3S/c1-3-9(12(19)20)16(2)10(18)6-17-14-11(13-15-17)8-4-5-21-7-8/h4-5,7,9H,3,6H2,1-2H3,(H,19,20). The van der Waals surface area contributed by atoms with Crippen molar-refractivity contribution in [1.29, 1.82) is 0 Å². The molecule has 2 aromatic heterocycles. The SMILES string of the molecule is CCC(C(=O)O)N(C)C(=O)Cn1nnc(-c2ccsc2)n1. The Morgan fingerprint density at radius 1 is 1.52 bits per heavy atom. The van der Waals surface area contributed by atoms with Crippen LogP contribution < -0.4 is 0 Å². The van der Waals surface area contributed by atoms with Gasteiger partial charge in [-0.15, -0.1) is 10.2 Å². The Bertz CT molecular complexity index is 625. The maximum atomic E-state index is 12.0. The number of amides is 1. The van der Waals surface area contributed by atoms with E-state index in [0.29, 0.717) is 12.2 Å². The third-order valence-electron chi connectivity index (χ3n) is 3.04. The van der Waals surface area contributed by atoms with E-state index in [1.165, 1.54) is 28.1 Å². The van der Waals surface area contributed by atoms with Gasteiger partial charge in [0, 0.05) is 18.0 Å². The van der Waals surface area contributed by atoms with Gasteiger partial charge in [0.1, 0.15) is 12.6 Å². The molecule has 0 aliphatic carbocycles. The molecule has 0 aliphatic rings. The van der Waals surface area contributed by atoms with Crippen molar-refractivity contribution in [2.24, 2.45) is 0 Å². The van der Waals surface area contributed by atoms with E-state index in [9.17, 15) is 9.59 Å². The minimum atomic E-state index is -1.03. The van der Waals surface area contributed by atoms with Crippen molar-refractivity contribution >= 4 is 23.2 Å². The van der Waals surface area contributed by atoms with Crippen molar-refractivity contribution in [3.63, 3.8) is 0 Å². The normalized spacial score (nSPS) is 12.1. The van der Waals surface area contributed by atoms with Gasteiger partial charge >= 0.3 is 5.97 Å². The number of carbonyl (C=O) groups is 2. The topological polar surface area (TPSA) is 101 Å². The summed E-state index contributed by atoms with van der Waals surface area (Å²) >= 11 is 1.52. The summed E-state index contributed by atoms with van der Waals surface area (Å²) in [6, 6.07) is 1.01. The number of aromatic nitrogens is 4. The van der Waals surface area contributed by atoms with Gasteiger partial charge in [-0.1, -0.05) is 6.92 Å². The molecule has 0 saturated heterocycles. The third kappa shape index (κ3) is 3.43. The molecule has 0 aromatic carbocycles. The first-order valence-electron chi connectivity index (χ1n) is 6.31. The van der Waals surface area contributed by atoms with Crippen LogP contribution in [0.1, 0.15) is 13.3 Å². The number of nitrogens with zero attached hydrogens (tertiary/aromatic N) is 5. The Labute approximate surface area is 125 Å². The molecule has 0 bridgehead atoms. The van der Waals surface area contributed by atoms with Gasteiger partial charge in [-0.2, -0.15) is 16.1 Å². The van der Waals surface area contributed by atoms with E-state index in [-0.39, 0.29) is 12.5 Å². The van der Waals surface area contributed by atoms with Crippen molar-refractivity contribution in [3.8, 4) is 11.4 Å². The number of carboxylic acid groups (broad SMARTS) is 1. The van der Waals surface area contributed by atoms with Gasteiger partial charge in [0.2, 0.25) is 11.7 Å². The first-order chi connectivity index (χ1) is 10.0. The molecule has 1 atom stereocenters. The summed E-state index contributed by atoms with van der Waals surface area (Å²) in [6.07, 6.45) is 0.336. The van der Waals surface area contributed by atoms with Crippen LogP contribution in [0, 0.1) is 0 Å². The molecule has 0 fully saturated rings. The molecule has 1 amide bonds. The lowest BCUT2D eigenvalue weighted by atomic mass is 10.2. The summed E-state index contributed by atoms with van der Waals surface area (Å²) in [5.41, 5.74) is 0.837. The number of hydrogen-bond donors (Lipinski definition) is 1. The fourth-order valence-electron chi connectivity index (χ4n) is 1.84. The van der Waals surface area contributed by atoms with Crippen molar-refractivity contribution in [2.75, 3.05) is 7.05 Å². The molecule has 9 heteroatoms. The predicted octanol–water partition coefficient (Wildman–Crippen LogP) is 0.723. The zero-order valence-electron chi connectivity index (χ0n) is 11.6. The molecule has 0 aliphatic heterocycles. The Kier molecular flexibility index (Phi) is 4.63. The molecule has 21 heavy (non-hydrogen) atoms. The Hall–Kier alpha value is -2.29. The minimum Gasteiger partial charge on any atom is -0.480 e. The molecule has 0 saturated carbocycles. The lowest BCUT2D eigenvalue weighted by Gasteiger charge is -2.23. The molecule has 112 valence electrons. The molecule has 0 spiro atoms. The number of likely N-dealkylation sites (N-methyl/N-ethyl adjacent to an activating group) is 1. The fraction of sp³-hybridized carbons (Fsp3) is 0.417. The fourth-order valence-corrected chi connectivity index (χ4v) is 2.47. The van der Waals surface area contributed by atoms with Crippen LogP contribution in [0.3, 0.4) is 0 Å². The predicted molar refractivity (Wildman–Crippen MR) is 75.6 cm³/mol. The second-order valence-corrected chi connectivity index (χ2v) is 5.20. The molecule has 2 aromatic rings. The number of carbonyl (C=O) groups excluding carboxylic acids is 1. The van der Waals surface area contributed by atoms with Crippen LogP contribution in [-0.4, -0.2) is 55.2 Å². The van der Waals surface area contributed by atoms with E-state index in [1.54, 1.807) is 6.92 Å². The van der Waals surface area contributed by atoms with E-state index in [0.717, 1.165) is 5.56 Å². The van der Waals surface area contributed by atoms with Gasteiger partial charge in [-0.05, 0) is 23.1 Å². The number of rotatable bonds is 6. The Morgan fingerprint density at radius 3 is 2.86 bits per heavy atom. The molecule has 0 radical (unpaired) electrons. The van der Waals surface area contributed by atoms with Gasteiger partial charge in [0.15, 0.2) is 0 Å². The van der Waals surface area contributed by atoms with Crippen LogP contribution in [0.4, 0.5) is 0 Å². The number of hydrogen-bond acceptors (Lipinski definition) is 6. The van der Waals surface area contributed by atoms with Crippen molar-refractivity contribution in [1.82, 2.24) is 25.1 Å². The molecule has 2 rings (SSSR count). The van der Waals surface area contributed by atoms with Crippen LogP contribution >= 0.6 is 11.3 Å². The van der Waals surface area contributed by atoms with Crippen molar-refractivity contribution in [3.05, 3.63) is 16.8 Å². The zero-order valence-corrected chi connectivity index (χ0v) is 12.4. The van der Waals surface area contributed by atoms with E-state index in [2.05, 4.69) is 15.4 Å². The highest BCUT2D eigenvalue weighted by Crippen LogP contribution is 2.16. The molecule has 1 N–H and O–H groups in total. The maximum absolute atomic E-state index is 12.0. The monoisotopic (exact) mass is 309 g/mol.